The van der Waals surface area contributed by atoms with Crippen LogP contribution in [0.5, 0.6) is 0 Å². The third-order valence-electron chi connectivity index (χ3n) is 5.06. The van der Waals surface area contributed by atoms with Gasteiger partial charge in [0.05, 0.1) is 6.21 Å². The van der Waals surface area contributed by atoms with Crippen LogP contribution in [0.1, 0.15) is 34.5 Å². The summed E-state index contributed by atoms with van der Waals surface area (Å²) in [6, 6.07) is 20.2. The molecule has 2 amide bonds. The molecule has 0 saturated heterocycles. The smallest absolute Gasteiger partial charge is 0.249 e. The molecule has 0 aliphatic rings. The zero-order valence-corrected chi connectivity index (χ0v) is 18.2. The lowest BCUT2D eigenvalue weighted by atomic mass is 10.1. The van der Waals surface area contributed by atoms with Gasteiger partial charge in [-0.15, -0.1) is 0 Å². The highest BCUT2D eigenvalue weighted by Crippen LogP contribution is 2.20. The van der Waals surface area contributed by atoms with Crippen LogP contribution in [-0.2, 0) is 16.0 Å². The van der Waals surface area contributed by atoms with Crippen LogP contribution in [-0.4, -0.2) is 29.1 Å². The predicted molar refractivity (Wildman–Crippen MR) is 123 cm³/mol. The SMILES string of the molecule is Cc1ccc(-n2c(C)cc(/C=N\NC(=O)CC(=O)NCCc3ccccc3)c2C)cc1. The average molecular weight is 417 g/mol. The van der Waals surface area contributed by atoms with Gasteiger partial charge < -0.3 is 9.88 Å². The Bertz CT molecular complexity index is 1070. The average Bonchev–Trinajstić information content (AvgIpc) is 3.03. The van der Waals surface area contributed by atoms with E-state index in [4.69, 9.17) is 0 Å². The molecule has 0 saturated carbocycles. The number of carbonyl (C=O) groups is 2. The molecule has 0 aliphatic heterocycles. The lowest BCUT2D eigenvalue weighted by molar-refractivity contribution is -0.129. The normalized spacial score (nSPS) is 10.9. The number of nitrogens with zero attached hydrogens (tertiary/aromatic N) is 2. The van der Waals surface area contributed by atoms with Gasteiger partial charge in [0, 0.05) is 29.2 Å². The fourth-order valence-electron chi connectivity index (χ4n) is 3.42. The maximum absolute atomic E-state index is 12.0. The molecule has 2 N–H and O–H groups in total. The minimum atomic E-state index is -0.444. The number of benzene rings is 2. The zero-order chi connectivity index (χ0) is 22.2. The number of hydrazone groups is 1. The van der Waals surface area contributed by atoms with Crippen LogP contribution < -0.4 is 10.7 Å². The van der Waals surface area contributed by atoms with E-state index in [1.165, 1.54) is 5.56 Å². The Labute approximate surface area is 183 Å². The molecule has 0 bridgehead atoms. The van der Waals surface area contributed by atoms with Crippen molar-refractivity contribution in [1.82, 2.24) is 15.3 Å². The van der Waals surface area contributed by atoms with Gasteiger partial charge in [-0.2, -0.15) is 5.10 Å². The highest BCUT2D eigenvalue weighted by Gasteiger charge is 2.10. The van der Waals surface area contributed by atoms with Crippen molar-refractivity contribution in [2.45, 2.75) is 33.6 Å². The molecule has 0 atom stereocenters. The van der Waals surface area contributed by atoms with Gasteiger partial charge in [-0.25, -0.2) is 5.43 Å². The fourth-order valence-corrected chi connectivity index (χ4v) is 3.42. The number of aromatic nitrogens is 1. The third kappa shape index (κ3) is 6.15. The van der Waals surface area contributed by atoms with Crippen molar-refractivity contribution in [3.63, 3.8) is 0 Å². The van der Waals surface area contributed by atoms with E-state index in [2.05, 4.69) is 51.6 Å². The molecule has 160 valence electrons. The van der Waals surface area contributed by atoms with Crippen molar-refractivity contribution in [2.24, 2.45) is 5.10 Å². The number of aryl methyl sites for hydroxylation is 2. The van der Waals surface area contributed by atoms with E-state index in [1.807, 2.05) is 50.2 Å². The van der Waals surface area contributed by atoms with Crippen LogP contribution in [0.3, 0.4) is 0 Å². The van der Waals surface area contributed by atoms with E-state index in [1.54, 1.807) is 6.21 Å². The molecular weight excluding hydrogens is 388 g/mol. The van der Waals surface area contributed by atoms with Gasteiger partial charge in [-0.3, -0.25) is 9.59 Å². The maximum atomic E-state index is 12.0. The summed E-state index contributed by atoms with van der Waals surface area (Å²) in [4.78, 5) is 23.9. The molecule has 0 spiro atoms. The first-order valence-corrected chi connectivity index (χ1v) is 10.3. The number of rotatable bonds is 8. The summed E-state index contributed by atoms with van der Waals surface area (Å²) < 4.78 is 2.14. The van der Waals surface area contributed by atoms with Crippen LogP contribution in [0, 0.1) is 20.8 Å². The van der Waals surface area contributed by atoms with E-state index < -0.39 is 5.91 Å². The first kappa shape index (κ1) is 22.0. The summed E-state index contributed by atoms with van der Waals surface area (Å²) >= 11 is 0. The molecule has 6 heteroatoms. The Morgan fingerprint density at radius 1 is 0.968 bits per heavy atom. The minimum absolute atomic E-state index is 0.255. The van der Waals surface area contributed by atoms with Crippen LogP contribution in [0.15, 0.2) is 65.8 Å². The topological polar surface area (TPSA) is 75.5 Å². The Morgan fingerprint density at radius 3 is 2.39 bits per heavy atom. The van der Waals surface area contributed by atoms with E-state index in [0.717, 1.165) is 34.6 Å². The largest absolute Gasteiger partial charge is 0.355 e. The Balaban J connectivity index is 1.50. The van der Waals surface area contributed by atoms with Crippen molar-refractivity contribution >= 4 is 18.0 Å². The number of amides is 2. The monoisotopic (exact) mass is 416 g/mol. The summed E-state index contributed by atoms with van der Waals surface area (Å²) in [5, 5.41) is 6.78. The molecule has 1 aromatic heterocycles. The van der Waals surface area contributed by atoms with Crippen LogP contribution in [0.4, 0.5) is 0 Å². The van der Waals surface area contributed by atoms with Gasteiger partial charge in [0.1, 0.15) is 6.42 Å². The Hall–Kier alpha value is -3.67. The minimum Gasteiger partial charge on any atom is -0.355 e. The van der Waals surface area contributed by atoms with Crippen LogP contribution in [0.2, 0.25) is 0 Å². The molecule has 3 rings (SSSR count). The summed E-state index contributed by atoms with van der Waals surface area (Å²) in [7, 11) is 0. The molecule has 0 radical (unpaired) electrons. The van der Waals surface area contributed by atoms with Gasteiger partial charge in [0.2, 0.25) is 11.8 Å². The first-order chi connectivity index (χ1) is 14.9. The first-order valence-electron chi connectivity index (χ1n) is 10.3. The number of carbonyl (C=O) groups excluding carboxylic acids is 2. The van der Waals surface area contributed by atoms with Crippen LogP contribution in [0.25, 0.3) is 5.69 Å². The van der Waals surface area contributed by atoms with Gasteiger partial charge in [-0.05, 0) is 51.0 Å². The quantitative estimate of drug-likeness (QED) is 0.334. The highest BCUT2D eigenvalue weighted by molar-refractivity contribution is 5.97. The van der Waals surface area contributed by atoms with Crippen molar-refractivity contribution in [3.8, 4) is 5.69 Å². The van der Waals surface area contributed by atoms with Crippen molar-refractivity contribution in [3.05, 3.63) is 88.7 Å². The molecule has 3 aromatic rings. The molecule has 6 nitrogen and oxygen atoms in total. The maximum Gasteiger partial charge on any atom is 0.249 e. The van der Waals surface area contributed by atoms with Crippen molar-refractivity contribution in [2.75, 3.05) is 6.54 Å². The summed E-state index contributed by atoms with van der Waals surface area (Å²) in [5.74, 6) is -0.762. The van der Waals surface area contributed by atoms with E-state index >= 15 is 0 Å². The van der Waals surface area contributed by atoms with Gasteiger partial charge in [0.25, 0.3) is 0 Å². The van der Waals surface area contributed by atoms with Gasteiger partial charge in [0.15, 0.2) is 0 Å². The number of nitrogens with one attached hydrogen (secondary N) is 2. The number of hydrogen-bond donors (Lipinski definition) is 2. The highest BCUT2D eigenvalue weighted by atomic mass is 16.2. The summed E-state index contributed by atoms with van der Waals surface area (Å²) in [6.45, 7) is 6.59. The van der Waals surface area contributed by atoms with E-state index in [0.29, 0.717) is 6.54 Å². The standard InChI is InChI=1S/C25H28N4O2/c1-18-9-11-23(12-10-18)29-19(2)15-22(20(29)3)17-27-28-25(31)16-24(30)26-14-13-21-7-5-4-6-8-21/h4-12,15,17H,13-14,16H2,1-3H3,(H,26,30)(H,28,31)/b27-17-. The van der Waals surface area contributed by atoms with Crippen LogP contribution >= 0.6 is 0 Å². The lowest BCUT2D eigenvalue weighted by Crippen LogP contribution is -2.31. The Morgan fingerprint density at radius 2 is 1.68 bits per heavy atom. The molecule has 0 fully saturated rings. The summed E-state index contributed by atoms with van der Waals surface area (Å²) in [6.07, 6.45) is 2.08. The van der Waals surface area contributed by atoms with Crippen molar-refractivity contribution in [1.29, 1.82) is 0 Å². The molecule has 2 aromatic carbocycles. The van der Waals surface area contributed by atoms with E-state index in [9.17, 15) is 9.59 Å². The molecular formula is C25H28N4O2. The van der Waals surface area contributed by atoms with E-state index in [-0.39, 0.29) is 12.3 Å². The second kappa shape index (κ2) is 10.4. The van der Waals surface area contributed by atoms with Gasteiger partial charge >= 0.3 is 0 Å². The second-order valence-electron chi connectivity index (χ2n) is 7.55. The molecule has 31 heavy (non-hydrogen) atoms. The predicted octanol–water partition coefficient (Wildman–Crippen LogP) is 3.60. The second-order valence-corrected chi connectivity index (χ2v) is 7.55. The lowest BCUT2D eigenvalue weighted by Gasteiger charge is -2.09. The Kier molecular flexibility index (Phi) is 7.38. The van der Waals surface area contributed by atoms with Crippen molar-refractivity contribution < 1.29 is 9.59 Å². The molecule has 0 unspecified atom stereocenters. The fraction of sp³-hybridized carbons (Fsp3) is 0.240. The summed E-state index contributed by atoms with van der Waals surface area (Å²) in [5.41, 5.74) is 8.87. The zero-order valence-electron chi connectivity index (χ0n) is 18.2. The number of hydrogen-bond acceptors (Lipinski definition) is 3. The third-order valence-corrected chi connectivity index (χ3v) is 5.06. The molecule has 0 aliphatic carbocycles. The van der Waals surface area contributed by atoms with Gasteiger partial charge in [-0.1, -0.05) is 48.0 Å². The molecule has 1 heterocycles.